The zero-order chi connectivity index (χ0) is 18.9. The van der Waals surface area contributed by atoms with Gasteiger partial charge in [0.2, 0.25) is 5.91 Å². The summed E-state index contributed by atoms with van der Waals surface area (Å²) in [6.45, 7) is 4.95. The summed E-state index contributed by atoms with van der Waals surface area (Å²) in [5, 5.41) is 2.55. The number of ether oxygens (including phenoxy) is 1. The minimum absolute atomic E-state index is 0.0291. The number of hydrogen-bond acceptors (Lipinski definition) is 4. The van der Waals surface area contributed by atoms with Gasteiger partial charge in [-0.1, -0.05) is 18.6 Å². The maximum Gasteiger partial charge on any atom is 0.312 e. The van der Waals surface area contributed by atoms with Crippen molar-refractivity contribution >= 4 is 17.6 Å². The van der Waals surface area contributed by atoms with Crippen LogP contribution in [0.4, 0.5) is 10.5 Å². The number of nitrogens with zero attached hydrogens (tertiary/aromatic N) is 2. The molecule has 1 aliphatic heterocycles. The number of likely N-dealkylation sites (N-methyl/N-ethyl adjacent to an activating group) is 2. The van der Waals surface area contributed by atoms with Crippen LogP contribution in [-0.2, 0) is 4.79 Å². The molecule has 1 atom stereocenters. The average molecular weight is 362 g/mol. The van der Waals surface area contributed by atoms with E-state index < -0.39 is 6.03 Å². The molecule has 0 fully saturated rings. The van der Waals surface area contributed by atoms with Crippen LogP contribution in [0.1, 0.15) is 32.6 Å². The highest BCUT2D eigenvalue weighted by Crippen LogP contribution is 2.32. The number of nitrogens with one attached hydrogen (secondary N) is 1. The van der Waals surface area contributed by atoms with E-state index in [1.165, 1.54) is 0 Å². The Balaban J connectivity index is 1.74. The van der Waals surface area contributed by atoms with Crippen molar-refractivity contribution in [3.05, 3.63) is 24.3 Å². The van der Waals surface area contributed by atoms with Crippen LogP contribution >= 0.6 is 0 Å². The van der Waals surface area contributed by atoms with Gasteiger partial charge < -0.3 is 25.6 Å². The van der Waals surface area contributed by atoms with Gasteiger partial charge >= 0.3 is 6.03 Å². The topological polar surface area (TPSA) is 87.9 Å². The Morgan fingerprint density at radius 3 is 2.81 bits per heavy atom. The summed E-state index contributed by atoms with van der Waals surface area (Å²) in [6.07, 6.45) is 3.00. The average Bonchev–Trinajstić information content (AvgIpc) is 2.63. The Morgan fingerprint density at radius 2 is 2.08 bits per heavy atom. The van der Waals surface area contributed by atoms with Crippen molar-refractivity contribution in [3.8, 4) is 5.75 Å². The second kappa shape index (κ2) is 9.89. The lowest BCUT2D eigenvalue weighted by Gasteiger charge is -2.37. The Kier molecular flexibility index (Phi) is 7.56. The lowest BCUT2D eigenvalue weighted by molar-refractivity contribution is -0.131. The standard InChI is InChI=1S/C19H30N4O3/c1-3-23-14-15(26-17-10-7-6-9-16(17)23)13-22(2)18(24)11-5-4-8-12-21-19(20)25/h6-7,9-10,15H,3-5,8,11-14H2,1-2H3,(H3,20,21,25)/t15-/m0/s1. The Hall–Kier alpha value is -2.44. The van der Waals surface area contributed by atoms with E-state index in [0.29, 0.717) is 19.5 Å². The molecular formula is C19H30N4O3. The van der Waals surface area contributed by atoms with Crippen LogP contribution in [-0.4, -0.2) is 56.2 Å². The zero-order valence-electron chi connectivity index (χ0n) is 15.7. The molecule has 0 spiro atoms. The third-order valence-corrected chi connectivity index (χ3v) is 4.58. The van der Waals surface area contributed by atoms with Gasteiger partial charge in [0.25, 0.3) is 0 Å². The monoisotopic (exact) mass is 362 g/mol. The quantitative estimate of drug-likeness (QED) is 0.657. The molecule has 1 heterocycles. The Labute approximate surface area is 155 Å². The van der Waals surface area contributed by atoms with Crippen molar-refractivity contribution in [2.24, 2.45) is 5.73 Å². The van der Waals surface area contributed by atoms with Gasteiger partial charge in [-0.05, 0) is 31.9 Å². The van der Waals surface area contributed by atoms with Gasteiger partial charge in [-0.15, -0.1) is 0 Å². The number of carbonyl (C=O) groups excluding carboxylic acids is 2. The van der Waals surface area contributed by atoms with Gasteiger partial charge in [-0.25, -0.2) is 4.79 Å². The first kappa shape index (κ1) is 19.9. The molecule has 7 heteroatoms. The van der Waals surface area contributed by atoms with E-state index in [9.17, 15) is 9.59 Å². The first-order valence-corrected chi connectivity index (χ1v) is 9.29. The van der Waals surface area contributed by atoms with Gasteiger partial charge in [0, 0.05) is 26.6 Å². The molecule has 0 radical (unpaired) electrons. The molecule has 3 N–H and O–H groups in total. The molecular weight excluding hydrogens is 332 g/mol. The van der Waals surface area contributed by atoms with E-state index in [2.05, 4.69) is 23.2 Å². The summed E-state index contributed by atoms with van der Waals surface area (Å²) in [4.78, 5) is 26.9. The van der Waals surface area contributed by atoms with E-state index in [4.69, 9.17) is 10.5 Å². The molecule has 3 amide bonds. The van der Waals surface area contributed by atoms with E-state index in [1.54, 1.807) is 4.90 Å². The van der Waals surface area contributed by atoms with Crippen LogP contribution in [0.3, 0.4) is 0 Å². The van der Waals surface area contributed by atoms with Crippen molar-refractivity contribution in [2.45, 2.75) is 38.7 Å². The predicted molar refractivity (Wildman–Crippen MR) is 102 cm³/mol. The third-order valence-electron chi connectivity index (χ3n) is 4.58. The molecule has 0 aliphatic carbocycles. The summed E-state index contributed by atoms with van der Waals surface area (Å²) in [5.41, 5.74) is 6.12. The fourth-order valence-electron chi connectivity index (χ4n) is 3.16. The molecule has 7 nitrogen and oxygen atoms in total. The number of benzene rings is 1. The SMILES string of the molecule is CCN1C[C@H](CN(C)C(=O)CCCCCNC(N)=O)Oc2ccccc21. The van der Waals surface area contributed by atoms with Crippen molar-refractivity contribution in [1.82, 2.24) is 10.2 Å². The van der Waals surface area contributed by atoms with Crippen LogP contribution in [0.5, 0.6) is 5.75 Å². The molecule has 0 saturated heterocycles. The van der Waals surface area contributed by atoms with Crippen LogP contribution in [0.15, 0.2) is 24.3 Å². The van der Waals surface area contributed by atoms with E-state index in [-0.39, 0.29) is 12.0 Å². The highest BCUT2D eigenvalue weighted by Gasteiger charge is 2.26. The maximum absolute atomic E-state index is 12.3. The predicted octanol–water partition coefficient (Wildman–Crippen LogP) is 1.96. The number of primary amides is 1. The van der Waals surface area contributed by atoms with Gasteiger partial charge in [0.15, 0.2) is 0 Å². The number of hydrogen-bond donors (Lipinski definition) is 2. The molecule has 1 aliphatic rings. The molecule has 26 heavy (non-hydrogen) atoms. The number of rotatable bonds is 9. The third kappa shape index (κ3) is 5.82. The number of para-hydroxylation sites is 2. The molecule has 1 aromatic carbocycles. The fourth-order valence-corrected chi connectivity index (χ4v) is 3.16. The Bertz CT molecular complexity index is 608. The molecule has 0 saturated carbocycles. The lowest BCUT2D eigenvalue weighted by Crippen LogP contribution is -2.46. The minimum Gasteiger partial charge on any atom is -0.485 e. The zero-order valence-corrected chi connectivity index (χ0v) is 15.7. The van der Waals surface area contributed by atoms with Crippen molar-refractivity contribution in [1.29, 1.82) is 0 Å². The summed E-state index contributed by atoms with van der Waals surface area (Å²) >= 11 is 0. The first-order chi connectivity index (χ1) is 12.5. The van der Waals surface area contributed by atoms with Crippen molar-refractivity contribution in [2.75, 3.05) is 38.1 Å². The van der Waals surface area contributed by atoms with Crippen LogP contribution in [0, 0.1) is 0 Å². The Morgan fingerprint density at radius 1 is 1.31 bits per heavy atom. The number of anilines is 1. The number of amides is 3. The van der Waals surface area contributed by atoms with Gasteiger partial charge in [0.1, 0.15) is 11.9 Å². The molecule has 2 rings (SSSR count). The van der Waals surface area contributed by atoms with Gasteiger partial charge in [-0.2, -0.15) is 0 Å². The normalized spacial score (nSPS) is 15.8. The molecule has 1 aromatic rings. The van der Waals surface area contributed by atoms with Crippen molar-refractivity contribution < 1.29 is 14.3 Å². The minimum atomic E-state index is -0.504. The summed E-state index contributed by atoms with van der Waals surface area (Å²) in [7, 11) is 1.83. The number of urea groups is 1. The molecule has 144 valence electrons. The van der Waals surface area contributed by atoms with Crippen LogP contribution in [0.2, 0.25) is 0 Å². The summed E-state index contributed by atoms with van der Waals surface area (Å²) in [5.74, 6) is 1.01. The van der Waals surface area contributed by atoms with Crippen LogP contribution < -0.4 is 20.7 Å². The molecule has 0 bridgehead atoms. The number of unbranched alkanes of at least 4 members (excludes halogenated alkanes) is 2. The maximum atomic E-state index is 12.3. The highest BCUT2D eigenvalue weighted by molar-refractivity contribution is 5.76. The van der Waals surface area contributed by atoms with Crippen LogP contribution in [0.25, 0.3) is 0 Å². The van der Waals surface area contributed by atoms with Crippen molar-refractivity contribution in [3.63, 3.8) is 0 Å². The molecule has 0 aromatic heterocycles. The van der Waals surface area contributed by atoms with E-state index in [1.807, 2.05) is 25.2 Å². The number of nitrogens with two attached hydrogens (primary N) is 1. The lowest BCUT2D eigenvalue weighted by atomic mass is 10.1. The summed E-state index contributed by atoms with van der Waals surface area (Å²) < 4.78 is 6.08. The van der Waals surface area contributed by atoms with Gasteiger partial charge in [0.05, 0.1) is 18.8 Å². The van der Waals surface area contributed by atoms with E-state index >= 15 is 0 Å². The first-order valence-electron chi connectivity index (χ1n) is 9.29. The second-order valence-electron chi connectivity index (χ2n) is 6.62. The smallest absolute Gasteiger partial charge is 0.312 e. The summed E-state index contributed by atoms with van der Waals surface area (Å²) in [6, 6.07) is 7.52. The number of carbonyl (C=O) groups is 2. The number of fused-ring (bicyclic) bond motifs is 1. The highest BCUT2D eigenvalue weighted by atomic mass is 16.5. The van der Waals surface area contributed by atoms with Gasteiger partial charge in [-0.3, -0.25) is 4.79 Å². The largest absolute Gasteiger partial charge is 0.485 e. The van der Waals surface area contributed by atoms with E-state index in [0.717, 1.165) is 43.8 Å². The second-order valence-corrected chi connectivity index (χ2v) is 6.62. The fraction of sp³-hybridized carbons (Fsp3) is 0.579. The molecule has 0 unspecified atom stereocenters.